The maximum atomic E-state index is 13.9. The molecule has 0 fully saturated rings. The number of hydrogen-bond donors (Lipinski definition) is 1. The molecule has 10 heteroatoms. The van der Waals surface area contributed by atoms with E-state index in [1.54, 1.807) is 42.1 Å². The van der Waals surface area contributed by atoms with Gasteiger partial charge in [0, 0.05) is 19.5 Å². The van der Waals surface area contributed by atoms with E-state index in [4.69, 9.17) is 9.47 Å². The lowest BCUT2D eigenvalue weighted by Gasteiger charge is -2.33. The van der Waals surface area contributed by atoms with Crippen LogP contribution in [-0.2, 0) is 7.05 Å². The number of imidazole rings is 1. The molecule has 2 aromatic heterocycles. The first-order valence-electron chi connectivity index (χ1n) is 9.36. The molecule has 2 atom stereocenters. The third kappa shape index (κ3) is 3.35. The van der Waals surface area contributed by atoms with E-state index in [0.29, 0.717) is 34.3 Å². The smallest absolute Gasteiger partial charge is 0.410 e. The lowest BCUT2D eigenvalue weighted by molar-refractivity contribution is -0.173. The lowest BCUT2D eigenvalue weighted by Crippen LogP contribution is -2.35. The van der Waals surface area contributed by atoms with Gasteiger partial charge in [-0.25, -0.2) is 9.67 Å². The second-order valence-corrected chi connectivity index (χ2v) is 7.21. The molecule has 0 radical (unpaired) electrons. The highest BCUT2D eigenvalue weighted by Crippen LogP contribution is 2.45. The molecular formula is C20H22F3N5O2. The van der Waals surface area contributed by atoms with E-state index in [0.717, 1.165) is 10.5 Å². The maximum absolute atomic E-state index is 13.9. The van der Waals surface area contributed by atoms with Gasteiger partial charge in [-0.2, -0.15) is 18.3 Å². The monoisotopic (exact) mass is 421 g/mol. The molecule has 0 saturated carbocycles. The minimum absolute atomic E-state index is 0.197. The molecule has 4 rings (SSSR count). The molecule has 30 heavy (non-hydrogen) atoms. The van der Waals surface area contributed by atoms with E-state index >= 15 is 0 Å². The van der Waals surface area contributed by atoms with Gasteiger partial charge in [0.15, 0.2) is 17.5 Å². The summed E-state index contributed by atoms with van der Waals surface area (Å²) in [6.45, 7) is 1.82. The second-order valence-electron chi connectivity index (χ2n) is 7.21. The van der Waals surface area contributed by atoms with Crippen LogP contribution in [0, 0.1) is 6.92 Å². The first-order chi connectivity index (χ1) is 14.2. The molecule has 1 aliphatic heterocycles. The van der Waals surface area contributed by atoms with Crippen molar-refractivity contribution < 1.29 is 22.6 Å². The van der Waals surface area contributed by atoms with E-state index in [1.807, 2.05) is 6.92 Å². The largest absolute Gasteiger partial charge is 0.493 e. The SMILES string of the molecule is COc1ccc([C@@H]2C[C@H](C(F)(F)F)n3nc(-c4cnc(C)n4C)cc3N2)cc1OC. The number of ether oxygens (including phenoxy) is 2. The highest BCUT2D eigenvalue weighted by Gasteiger charge is 2.46. The van der Waals surface area contributed by atoms with Gasteiger partial charge in [0.25, 0.3) is 0 Å². The Balaban J connectivity index is 1.75. The Hall–Kier alpha value is -3.17. The molecule has 0 amide bonds. The first kappa shape index (κ1) is 20.1. The van der Waals surface area contributed by atoms with Gasteiger partial charge in [-0.15, -0.1) is 0 Å². The number of nitrogens with one attached hydrogen (secondary N) is 1. The summed E-state index contributed by atoms with van der Waals surface area (Å²) in [7, 11) is 4.80. The molecule has 0 aliphatic carbocycles. The predicted molar refractivity (Wildman–Crippen MR) is 105 cm³/mol. The Morgan fingerprint density at radius 3 is 2.47 bits per heavy atom. The van der Waals surface area contributed by atoms with Gasteiger partial charge in [-0.1, -0.05) is 6.07 Å². The molecule has 7 nitrogen and oxygen atoms in total. The van der Waals surface area contributed by atoms with Gasteiger partial charge in [0.1, 0.15) is 17.3 Å². The summed E-state index contributed by atoms with van der Waals surface area (Å²) in [5.74, 6) is 2.03. The van der Waals surface area contributed by atoms with Crippen LogP contribution in [0.2, 0.25) is 0 Å². The third-order valence-corrected chi connectivity index (χ3v) is 5.48. The van der Waals surface area contributed by atoms with Crippen LogP contribution in [0.5, 0.6) is 11.5 Å². The Morgan fingerprint density at radius 2 is 1.87 bits per heavy atom. The van der Waals surface area contributed by atoms with E-state index in [1.165, 1.54) is 14.2 Å². The first-order valence-corrected chi connectivity index (χ1v) is 9.36. The number of nitrogens with zero attached hydrogens (tertiary/aromatic N) is 4. The van der Waals surface area contributed by atoms with Gasteiger partial charge in [0.05, 0.1) is 32.2 Å². The van der Waals surface area contributed by atoms with Crippen LogP contribution in [0.1, 0.15) is 29.9 Å². The van der Waals surface area contributed by atoms with Crippen molar-refractivity contribution in [1.29, 1.82) is 0 Å². The molecular weight excluding hydrogens is 399 g/mol. The molecule has 0 unspecified atom stereocenters. The van der Waals surface area contributed by atoms with Gasteiger partial charge in [-0.05, 0) is 24.6 Å². The number of methoxy groups -OCH3 is 2. The van der Waals surface area contributed by atoms with Crippen molar-refractivity contribution in [3.05, 3.63) is 41.9 Å². The standard InChI is InChI=1S/C20H22F3N5O2/c1-11-24-10-15(27(11)2)14-9-19-25-13(8-18(20(21,22)23)28(19)26-14)12-5-6-16(29-3)17(7-12)30-4/h5-7,9-10,13,18,25H,8H2,1-4H3/t13-,18+/m0/s1. The number of aryl methyl sites for hydroxylation is 1. The van der Waals surface area contributed by atoms with Crippen LogP contribution < -0.4 is 14.8 Å². The quantitative estimate of drug-likeness (QED) is 0.682. The number of benzene rings is 1. The summed E-state index contributed by atoms with van der Waals surface area (Å²) in [6, 6.07) is 4.43. The van der Waals surface area contributed by atoms with Gasteiger partial charge < -0.3 is 19.4 Å². The normalized spacial score (nSPS) is 18.6. The highest BCUT2D eigenvalue weighted by molar-refractivity contribution is 5.61. The van der Waals surface area contributed by atoms with Crippen molar-refractivity contribution in [1.82, 2.24) is 19.3 Å². The summed E-state index contributed by atoms with van der Waals surface area (Å²) in [6.07, 6.45) is -3.03. The van der Waals surface area contributed by atoms with E-state index in [2.05, 4.69) is 15.4 Å². The fourth-order valence-electron chi connectivity index (χ4n) is 3.73. The fourth-order valence-corrected chi connectivity index (χ4v) is 3.73. The molecule has 0 saturated heterocycles. The van der Waals surface area contributed by atoms with Gasteiger partial charge in [0.2, 0.25) is 0 Å². The summed E-state index contributed by atoms with van der Waals surface area (Å²) in [5.41, 5.74) is 1.76. The Bertz CT molecular complexity index is 1070. The van der Waals surface area contributed by atoms with E-state index < -0.39 is 18.3 Å². The second kappa shape index (κ2) is 7.26. The molecule has 3 aromatic rings. The minimum Gasteiger partial charge on any atom is -0.493 e. The van der Waals surface area contributed by atoms with Crippen molar-refractivity contribution in [3.63, 3.8) is 0 Å². The average Bonchev–Trinajstić information content (AvgIpc) is 3.28. The maximum Gasteiger partial charge on any atom is 0.410 e. The van der Waals surface area contributed by atoms with Crippen LogP contribution in [-0.4, -0.2) is 39.7 Å². The third-order valence-electron chi connectivity index (χ3n) is 5.48. The zero-order chi connectivity index (χ0) is 21.6. The summed E-state index contributed by atoms with van der Waals surface area (Å²) >= 11 is 0. The molecule has 1 aromatic carbocycles. The number of anilines is 1. The number of hydrogen-bond acceptors (Lipinski definition) is 5. The Labute approximate surface area is 171 Å². The van der Waals surface area contributed by atoms with Crippen LogP contribution in [0.4, 0.5) is 19.0 Å². The number of fused-ring (bicyclic) bond motifs is 1. The molecule has 1 N–H and O–H groups in total. The van der Waals surface area contributed by atoms with Crippen molar-refractivity contribution in [2.45, 2.75) is 31.6 Å². The molecule has 0 bridgehead atoms. The van der Waals surface area contributed by atoms with E-state index in [-0.39, 0.29) is 6.42 Å². The molecule has 1 aliphatic rings. The number of alkyl halides is 3. The van der Waals surface area contributed by atoms with Crippen LogP contribution in [0.15, 0.2) is 30.5 Å². The summed E-state index contributed by atoms with van der Waals surface area (Å²) in [4.78, 5) is 4.21. The Morgan fingerprint density at radius 1 is 1.13 bits per heavy atom. The van der Waals surface area contributed by atoms with E-state index in [9.17, 15) is 13.2 Å². The minimum atomic E-state index is -4.45. The summed E-state index contributed by atoms with van der Waals surface area (Å²) in [5, 5.41) is 7.46. The zero-order valence-electron chi connectivity index (χ0n) is 17.0. The van der Waals surface area contributed by atoms with Crippen molar-refractivity contribution in [2.24, 2.45) is 7.05 Å². The number of aromatic nitrogens is 4. The molecule has 0 spiro atoms. The molecule has 160 valence electrons. The van der Waals surface area contributed by atoms with Crippen LogP contribution in [0.25, 0.3) is 11.4 Å². The number of rotatable bonds is 4. The van der Waals surface area contributed by atoms with Crippen LogP contribution >= 0.6 is 0 Å². The fraction of sp³-hybridized carbons (Fsp3) is 0.400. The predicted octanol–water partition coefficient (Wildman–Crippen LogP) is 4.27. The lowest BCUT2D eigenvalue weighted by atomic mass is 9.96. The summed E-state index contributed by atoms with van der Waals surface area (Å²) < 4.78 is 55.1. The number of halogens is 3. The van der Waals surface area contributed by atoms with Crippen molar-refractivity contribution in [3.8, 4) is 22.9 Å². The van der Waals surface area contributed by atoms with Gasteiger partial charge in [-0.3, -0.25) is 0 Å². The van der Waals surface area contributed by atoms with Crippen molar-refractivity contribution >= 4 is 5.82 Å². The van der Waals surface area contributed by atoms with Gasteiger partial charge >= 0.3 is 6.18 Å². The zero-order valence-corrected chi connectivity index (χ0v) is 17.0. The average molecular weight is 421 g/mol. The Kier molecular flexibility index (Phi) is 4.87. The topological polar surface area (TPSA) is 66.1 Å². The van der Waals surface area contributed by atoms with Crippen molar-refractivity contribution in [2.75, 3.05) is 19.5 Å². The highest BCUT2D eigenvalue weighted by atomic mass is 19.4. The van der Waals surface area contributed by atoms with Crippen LogP contribution in [0.3, 0.4) is 0 Å². The molecule has 3 heterocycles.